The van der Waals surface area contributed by atoms with E-state index in [2.05, 4.69) is 4.98 Å². The quantitative estimate of drug-likeness (QED) is 0.856. The first-order chi connectivity index (χ1) is 8.78. The van der Waals surface area contributed by atoms with Crippen molar-refractivity contribution in [3.8, 4) is 0 Å². The van der Waals surface area contributed by atoms with Gasteiger partial charge in [-0.1, -0.05) is 12.1 Å². The minimum atomic E-state index is 0.0860. The van der Waals surface area contributed by atoms with Crippen molar-refractivity contribution in [3.05, 3.63) is 30.6 Å². The number of hydrogen-bond donors (Lipinski definition) is 1. The molecule has 0 unspecified atom stereocenters. The van der Waals surface area contributed by atoms with E-state index < -0.39 is 0 Å². The van der Waals surface area contributed by atoms with Gasteiger partial charge in [0.25, 0.3) is 0 Å². The van der Waals surface area contributed by atoms with Crippen LogP contribution in [0.25, 0.3) is 11.0 Å². The molecule has 1 aromatic carbocycles. The first kappa shape index (κ1) is 11.2. The number of para-hydroxylation sites is 2. The molecule has 0 saturated carbocycles. The number of amides is 1. The molecule has 0 aliphatic carbocycles. The Bertz CT molecular complexity index is 572. The number of likely N-dealkylation sites (tertiary alicyclic amines) is 1. The summed E-state index contributed by atoms with van der Waals surface area (Å²) in [7, 11) is 0. The van der Waals surface area contributed by atoms with Crippen LogP contribution >= 0.6 is 0 Å². The normalized spacial score (nSPS) is 15.9. The SMILES string of the molecule is O=C(Cn1cnc2ccccc21)N1CC(CO)C1. The smallest absolute Gasteiger partial charge is 0.242 e. The summed E-state index contributed by atoms with van der Waals surface area (Å²) in [6.07, 6.45) is 1.70. The van der Waals surface area contributed by atoms with Crippen LogP contribution in [0.15, 0.2) is 30.6 Å². The van der Waals surface area contributed by atoms with Crippen LogP contribution in [0.2, 0.25) is 0 Å². The lowest BCUT2D eigenvalue weighted by molar-refractivity contribution is -0.139. The molecular weight excluding hydrogens is 230 g/mol. The predicted molar refractivity (Wildman–Crippen MR) is 66.9 cm³/mol. The summed E-state index contributed by atoms with van der Waals surface area (Å²) in [5.41, 5.74) is 1.88. The molecule has 0 atom stereocenters. The maximum atomic E-state index is 12.0. The number of carbonyl (C=O) groups excluding carboxylic acids is 1. The molecule has 5 nitrogen and oxygen atoms in total. The third-order valence-corrected chi connectivity index (χ3v) is 3.40. The molecule has 18 heavy (non-hydrogen) atoms. The fourth-order valence-corrected chi connectivity index (χ4v) is 2.27. The van der Waals surface area contributed by atoms with Crippen molar-refractivity contribution >= 4 is 16.9 Å². The van der Waals surface area contributed by atoms with Gasteiger partial charge in [0, 0.05) is 25.6 Å². The summed E-state index contributed by atoms with van der Waals surface area (Å²) >= 11 is 0. The number of aliphatic hydroxyl groups excluding tert-OH is 1. The van der Waals surface area contributed by atoms with Gasteiger partial charge in [0.15, 0.2) is 0 Å². The fraction of sp³-hybridized carbons (Fsp3) is 0.385. The topological polar surface area (TPSA) is 58.4 Å². The van der Waals surface area contributed by atoms with Gasteiger partial charge in [-0.15, -0.1) is 0 Å². The molecule has 2 heterocycles. The molecule has 1 saturated heterocycles. The van der Waals surface area contributed by atoms with Gasteiger partial charge in [-0.05, 0) is 12.1 Å². The number of aromatic nitrogens is 2. The Hall–Kier alpha value is -1.88. The van der Waals surface area contributed by atoms with E-state index in [1.54, 1.807) is 11.2 Å². The molecule has 5 heteroatoms. The molecule has 1 aromatic heterocycles. The van der Waals surface area contributed by atoms with E-state index in [-0.39, 0.29) is 18.4 Å². The van der Waals surface area contributed by atoms with Crippen LogP contribution in [-0.2, 0) is 11.3 Å². The number of imidazole rings is 1. The summed E-state index contributed by atoms with van der Waals surface area (Å²) in [4.78, 5) is 18.0. The summed E-state index contributed by atoms with van der Waals surface area (Å²) in [5, 5.41) is 8.93. The zero-order chi connectivity index (χ0) is 12.5. The van der Waals surface area contributed by atoms with Gasteiger partial charge in [-0.25, -0.2) is 4.98 Å². The average Bonchev–Trinajstić information content (AvgIpc) is 2.72. The Morgan fingerprint density at radius 3 is 2.94 bits per heavy atom. The molecule has 0 radical (unpaired) electrons. The van der Waals surface area contributed by atoms with Gasteiger partial charge in [0.1, 0.15) is 6.54 Å². The second-order valence-corrected chi connectivity index (χ2v) is 4.71. The van der Waals surface area contributed by atoms with Crippen LogP contribution in [0.3, 0.4) is 0 Å². The highest BCUT2D eigenvalue weighted by Crippen LogP contribution is 2.17. The van der Waals surface area contributed by atoms with Gasteiger partial charge >= 0.3 is 0 Å². The monoisotopic (exact) mass is 245 g/mol. The molecule has 1 aliphatic rings. The van der Waals surface area contributed by atoms with Crippen molar-refractivity contribution in [3.63, 3.8) is 0 Å². The second-order valence-electron chi connectivity index (χ2n) is 4.71. The highest BCUT2D eigenvalue weighted by molar-refractivity contribution is 5.81. The van der Waals surface area contributed by atoms with Crippen molar-refractivity contribution in [2.75, 3.05) is 19.7 Å². The molecular formula is C13H15N3O2. The number of rotatable bonds is 3. The van der Waals surface area contributed by atoms with Gasteiger partial charge in [0.2, 0.25) is 5.91 Å². The van der Waals surface area contributed by atoms with Crippen molar-refractivity contribution < 1.29 is 9.90 Å². The van der Waals surface area contributed by atoms with E-state index in [4.69, 9.17) is 5.11 Å². The largest absolute Gasteiger partial charge is 0.396 e. The lowest BCUT2D eigenvalue weighted by atomic mass is 10.0. The van der Waals surface area contributed by atoms with Crippen LogP contribution in [0.1, 0.15) is 0 Å². The van der Waals surface area contributed by atoms with Crippen LogP contribution in [-0.4, -0.2) is 45.2 Å². The van der Waals surface area contributed by atoms with Gasteiger partial charge in [-0.3, -0.25) is 4.79 Å². The number of fused-ring (bicyclic) bond motifs is 1. The van der Waals surface area contributed by atoms with Gasteiger partial charge in [-0.2, -0.15) is 0 Å². The van der Waals surface area contributed by atoms with E-state index in [0.29, 0.717) is 19.6 Å². The van der Waals surface area contributed by atoms with Crippen molar-refractivity contribution in [1.29, 1.82) is 0 Å². The third-order valence-electron chi connectivity index (χ3n) is 3.40. The van der Waals surface area contributed by atoms with Crippen molar-refractivity contribution in [2.24, 2.45) is 5.92 Å². The van der Waals surface area contributed by atoms with Crippen LogP contribution in [0.4, 0.5) is 0 Å². The lowest BCUT2D eigenvalue weighted by Crippen LogP contribution is -2.52. The van der Waals surface area contributed by atoms with E-state index >= 15 is 0 Å². The molecule has 94 valence electrons. The number of aliphatic hydroxyl groups is 1. The summed E-state index contributed by atoms with van der Waals surface area (Å²) in [6, 6.07) is 7.77. The summed E-state index contributed by atoms with van der Waals surface area (Å²) in [5.74, 6) is 0.344. The third kappa shape index (κ3) is 1.86. The van der Waals surface area contributed by atoms with E-state index in [1.807, 2.05) is 28.8 Å². The van der Waals surface area contributed by atoms with E-state index in [0.717, 1.165) is 11.0 Å². The lowest BCUT2D eigenvalue weighted by Gasteiger charge is -2.38. The molecule has 1 fully saturated rings. The summed E-state index contributed by atoms with van der Waals surface area (Å²) in [6.45, 7) is 1.82. The highest BCUT2D eigenvalue weighted by atomic mass is 16.3. The van der Waals surface area contributed by atoms with Gasteiger partial charge < -0.3 is 14.6 Å². The number of carbonyl (C=O) groups is 1. The zero-order valence-electron chi connectivity index (χ0n) is 9.99. The number of hydrogen-bond acceptors (Lipinski definition) is 3. The van der Waals surface area contributed by atoms with Gasteiger partial charge in [0.05, 0.1) is 17.4 Å². The molecule has 0 spiro atoms. The van der Waals surface area contributed by atoms with Crippen LogP contribution in [0, 0.1) is 5.92 Å². The van der Waals surface area contributed by atoms with E-state index in [9.17, 15) is 4.79 Å². The van der Waals surface area contributed by atoms with Crippen molar-refractivity contribution in [1.82, 2.24) is 14.5 Å². The van der Waals surface area contributed by atoms with Crippen LogP contribution < -0.4 is 0 Å². The average molecular weight is 245 g/mol. The van der Waals surface area contributed by atoms with Crippen molar-refractivity contribution in [2.45, 2.75) is 6.54 Å². The molecule has 3 rings (SSSR count). The minimum absolute atomic E-state index is 0.0860. The molecule has 2 aromatic rings. The second kappa shape index (κ2) is 4.42. The molecule has 1 N–H and O–H groups in total. The Balaban J connectivity index is 1.71. The Morgan fingerprint density at radius 1 is 1.39 bits per heavy atom. The number of benzene rings is 1. The Kier molecular flexibility index (Phi) is 2.76. The Labute approximate surface area is 105 Å². The van der Waals surface area contributed by atoms with Crippen LogP contribution in [0.5, 0.6) is 0 Å². The fourth-order valence-electron chi connectivity index (χ4n) is 2.27. The standard InChI is InChI=1S/C13H15N3O2/c17-8-10-5-15(6-10)13(18)7-16-9-14-11-3-1-2-4-12(11)16/h1-4,9-10,17H,5-8H2. The minimum Gasteiger partial charge on any atom is -0.396 e. The number of nitrogens with zero attached hydrogens (tertiary/aromatic N) is 3. The Morgan fingerprint density at radius 2 is 2.17 bits per heavy atom. The molecule has 1 amide bonds. The zero-order valence-corrected chi connectivity index (χ0v) is 9.99. The first-order valence-electron chi connectivity index (χ1n) is 6.06. The maximum absolute atomic E-state index is 12.0. The predicted octanol–water partition coefficient (Wildman–Crippen LogP) is 0.487. The highest BCUT2D eigenvalue weighted by Gasteiger charge is 2.29. The van der Waals surface area contributed by atoms with E-state index in [1.165, 1.54) is 0 Å². The molecule has 1 aliphatic heterocycles. The molecule has 0 bridgehead atoms. The summed E-state index contributed by atoms with van der Waals surface area (Å²) < 4.78 is 1.87. The maximum Gasteiger partial charge on any atom is 0.242 e. The first-order valence-corrected chi connectivity index (χ1v) is 6.06.